The van der Waals surface area contributed by atoms with Crippen LogP contribution in [0.15, 0.2) is 0 Å². The van der Waals surface area contributed by atoms with Gasteiger partial charge in [0.2, 0.25) is 0 Å². The lowest BCUT2D eigenvalue weighted by Gasteiger charge is -2.35. The summed E-state index contributed by atoms with van der Waals surface area (Å²) in [7, 11) is -3.13. The fourth-order valence-electron chi connectivity index (χ4n) is 2.18. The number of nitrogens with zero attached hydrogens (tertiary/aromatic N) is 1. The Morgan fingerprint density at radius 1 is 1.40 bits per heavy atom. The predicted octanol–water partition coefficient (Wildman–Crippen LogP) is 0.316. The summed E-state index contributed by atoms with van der Waals surface area (Å²) in [5.41, 5.74) is 0. The van der Waals surface area contributed by atoms with E-state index >= 15 is 0 Å². The van der Waals surface area contributed by atoms with Gasteiger partial charge in [0.25, 0.3) is 0 Å². The largest absolute Gasteiger partial charge is 0.480 e. The maximum atomic E-state index is 12.0. The van der Waals surface area contributed by atoms with Crippen LogP contribution in [0.1, 0.15) is 26.7 Å². The second kappa shape index (κ2) is 6.92. The number of nitrogens with one attached hydrogen (secondary N) is 1. The highest BCUT2D eigenvalue weighted by molar-refractivity contribution is 7.91. The zero-order valence-electron chi connectivity index (χ0n) is 11.8. The molecule has 0 aliphatic carbocycles. The van der Waals surface area contributed by atoms with Crippen molar-refractivity contribution in [3.63, 3.8) is 0 Å². The molecule has 2 N–H and O–H groups in total. The lowest BCUT2D eigenvalue weighted by atomic mass is 9.93. The van der Waals surface area contributed by atoms with Crippen molar-refractivity contribution in [2.75, 3.05) is 24.6 Å². The molecule has 116 valence electrons. The van der Waals surface area contributed by atoms with Crippen molar-refractivity contribution in [2.45, 2.75) is 32.7 Å². The van der Waals surface area contributed by atoms with Crippen molar-refractivity contribution in [1.82, 2.24) is 10.2 Å². The van der Waals surface area contributed by atoms with Gasteiger partial charge in [0.15, 0.2) is 9.84 Å². The molecule has 0 aromatic heterocycles. The predicted molar refractivity (Wildman–Crippen MR) is 74.3 cm³/mol. The number of aliphatic carboxylic acids is 1. The van der Waals surface area contributed by atoms with E-state index in [-0.39, 0.29) is 24.0 Å². The minimum absolute atomic E-state index is 0.00734. The number of rotatable bonds is 5. The van der Waals surface area contributed by atoms with Gasteiger partial charge in [-0.2, -0.15) is 0 Å². The van der Waals surface area contributed by atoms with Crippen LogP contribution >= 0.6 is 0 Å². The molecule has 0 aromatic carbocycles. The highest BCUT2D eigenvalue weighted by Crippen LogP contribution is 2.22. The van der Waals surface area contributed by atoms with Crippen molar-refractivity contribution in [1.29, 1.82) is 0 Å². The van der Waals surface area contributed by atoms with Crippen LogP contribution in [0.25, 0.3) is 0 Å². The number of likely N-dealkylation sites (tertiary alicyclic amines) is 1. The fraction of sp³-hybridized carbons (Fsp3) is 0.833. The molecule has 1 aliphatic heterocycles. The van der Waals surface area contributed by atoms with Crippen LogP contribution in [-0.2, 0) is 14.6 Å². The zero-order valence-corrected chi connectivity index (χ0v) is 12.6. The van der Waals surface area contributed by atoms with Crippen LogP contribution < -0.4 is 5.32 Å². The molecule has 7 nitrogen and oxygen atoms in total. The van der Waals surface area contributed by atoms with E-state index in [1.165, 1.54) is 4.90 Å². The molecule has 1 aliphatic rings. The summed E-state index contributed by atoms with van der Waals surface area (Å²) in [4.78, 5) is 24.4. The maximum Gasteiger partial charge on any atom is 0.326 e. The van der Waals surface area contributed by atoms with Gasteiger partial charge in [0.1, 0.15) is 6.04 Å². The van der Waals surface area contributed by atoms with E-state index in [2.05, 4.69) is 5.32 Å². The molecule has 0 aromatic rings. The molecule has 1 fully saturated rings. The first-order valence-electron chi connectivity index (χ1n) is 6.74. The third-order valence-electron chi connectivity index (χ3n) is 3.54. The highest BCUT2D eigenvalue weighted by atomic mass is 32.2. The SMILES string of the molecule is CCS(=O)(=O)CCNC(=O)N1CCC(C)CC1C(=O)O. The highest BCUT2D eigenvalue weighted by Gasteiger charge is 2.34. The minimum Gasteiger partial charge on any atom is -0.480 e. The summed E-state index contributed by atoms with van der Waals surface area (Å²) in [6.45, 7) is 3.89. The van der Waals surface area contributed by atoms with Gasteiger partial charge in [-0.25, -0.2) is 18.0 Å². The molecule has 0 spiro atoms. The first-order valence-corrected chi connectivity index (χ1v) is 8.56. The van der Waals surface area contributed by atoms with Crippen LogP contribution in [0.5, 0.6) is 0 Å². The number of carboxylic acids is 1. The number of piperidine rings is 1. The molecule has 1 heterocycles. The van der Waals surface area contributed by atoms with Gasteiger partial charge < -0.3 is 15.3 Å². The number of carbonyl (C=O) groups excluding carboxylic acids is 1. The average molecular weight is 306 g/mol. The standard InChI is InChI=1S/C12H22N2O5S/c1-3-20(18,19)7-5-13-12(17)14-6-4-9(2)8-10(14)11(15)16/h9-10H,3-8H2,1-2H3,(H,13,17)(H,15,16). The smallest absolute Gasteiger partial charge is 0.326 e. The lowest BCUT2D eigenvalue weighted by molar-refractivity contribution is -0.143. The Kier molecular flexibility index (Phi) is 5.79. The molecule has 8 heteroatoms. The number of hydrogen-bond acceptors (Lipinski definition) is 4. The Balaban J connectivity index is 2.55. The Labute approximate surface area is 119 Å². The summed E-state index contributed by atoms with van der Waals surface area (Å²) in [5.74, 6) is -0.854. The van der Waals surface area contributed by atoms with Gasteiger partial charge in [0.05, 0.1) is 5.75 Å². The molecule has 2 unspecified atom stereocenters. The van der Waals surface area contributed by atoms with E-state index in [0.29, 0.717) is 13.0 Å². The summed E-state index contributed by atoms with van der Waals surface area (Å²) in [6.07, 6.45) is 1.18. The minimum atomic E-state index is -3.13. The molecule has 0 radical (unpaired) electrons. The maximum absolute atomic E-state index is 12.0. The van der Waals surface area contributed by atoms with Gasteiger partial charge in [-0.05, 0) is 18.8 Å². The second-order valence-electron chi connectivity index (χ2n) is 5.15. The number of sulfone groups is 1. The summed E-state index contributed by atoms with van der Waals surface area (Å²) in [5, 5.41) is 11.6. The quantitative estimate of drug-likeness (QED) is 0.761. The van der Waals surface area contributed by atoms with Crippen LogP contribution in [-0.4, -0.2) is 61.1 Å². The second-order valence-corrected chi connectivity index (χ2v) is 7.62. The Morgan fingerprint density at radius 3 is 2.60 bits per heavy atom. The van der Waals surface area contributed by atoms with Gasteiger partial charge >= 0.3 is 12.0 Å². The molecular weight excluding hydrogens is 284 g/mol. The van der Waals surface area contributed by atoms with Crippen LogP contribution in [0.2, 0.25) is 0 Å². The van der Waals surface area contributed by atoms with Gasteiger partial charge in [-0.1, -0.05) is 13.8 Å². The fourth-order valence-corrected chi connectivity index (χ4v) is 2.88. The third kappa shape index (κ3) is 4.66. The lowest BCUT2D eigenvalue weighted by Crippen LogP contribution is -2.53. The van der Waals surface area contributed by atoms with Gasteiger partial charge in [0, 0.05) is 18.8 Å². The first kappa shape index (κ1) is 16.7. The summed E-state index contributed by atoms with van der Waals surface area (Å²) >= 11 is 0. The first-order chi connectivity index (χ1) is 9.26. The normalized spacial score (nSPS) is 23.4. The Morgan fingerprint density at radius 2 is 2.05 bits per heavy atom. The van der Waals surface area contributed by atoms with Crippen molar-refractivity contribution in [3.8, 4) is 0 Å². The third-order valence-corrected chi connectivity index (χ3v) is 5.25. The molecule has 2 amide bonds. The number of urea groups is 1. The van der Waals surface area contributed by atoms with Gasteiger partial charge in [-0.3, -0.25) is 0 Å². The van der Waals surface area contributed by atoms with E-state index in [9.17, 15) is 18.0 Å². The number of carboxylic acid groups (broad SMARTS) is 1. The van der Waals surface area contributed by atoms with Crippen LogP contribution in [0.3, 0.4) is 0 Å². The van der Waals surface area contributed by atoms with Crippen molar-refractivity contribution in [2.24, 2.45) is 5.92 Å². The van der Waals surface area contributed by atoms with E-state index in [0.717, 1.165) is 6.42 Å². The van der Waals surface area contributed by atoms with E-state index in [4.69, 9.17) is 5.11 Å². The Bertz CT molecular complexity index is 462. The van der Waals surface area contributed by atoms with E-state index in [1.54, 1.807) is 6.92 Å². The molecule has 1 rings (SSSR count). The molecule has 2 atom stereocenters. The summed E-state index contributed by atoms with van der Waals surface area (Å²) < 4.78 is 22.6. The molecular formula is C12H22N2O5S. The number of carbonyl (C=O) groups is 2. The molecule has 0 bridgehead atoms. The monoisotopic (exact) mass is 306 g/mol. The van der Waals surface area contributed by atoms with Crippen molar-refractivity contribution in [3.05, 3.63) is 0 Å². The molecule has 20 heavy (non-hydrogen) atoms. The van der Waals surface area contributed by atoms with E-state index in [1.807, 2.05) is 6.92 Å². The van der Waals surface area contributed by atoms with Crippen molar-refractivity contribution < 1.29 is 23.1 Å². The molecule has 1 saturated heterocycles. The van der Waals surface area contributed by atoms with E-state index < -0.39 is 27.9 Å². The number of hydrogen-bond donors (Lipinski definition) is 2. The molecule has 0 saturated carbocycles. The van der Waals surface area contributed by atoms with Crippen molar-refractivity contribution >= 4 is 21.8 Å². The zero-order chi connectivity index (χ0) is 15.3. The summed E-state index contributed by atoms with van der Waals surface area (Å²) in [6, 6.07) is -1.34. The topological polar surface area (TPSA) is 104 Å². The average Bonchev–Trinajstić information content (AvgIpc) is 2.38. The van der Waals surface area contributed by atoms with Crippen LogP contribution in [0.4, 0.5) is 4.79 Å². The Hall–Kier alpha value is -1.31. The van der Waals surface area contributed by atoms with Gasteiger partial charge in [-0.15, -0.1) is 0 Å². The number of amides is 2. The van der Waals surface area contributed by atoms with Crippen LogP contribution in [0, 0.1) is 5.92 Å².